The van der Waals surface area contributed by atoms with Crippen LogP contribution in [0.25, 0.3) is 22.3 Å². The molecule has 6 heterocycles. The average Bonchev–Trinajstić information content (AvgIpc) is 0.980. The van der Waals surface area contributed by atoms with Crippen LogP contribution in [0.1, 0.15) is 187 Å². The van der Waals surface area contributed by atoms with Crippen molar-refractivity contribution < 1.29 is 133 Å². The van der Waals surface area contributed by atoms with Crippen molar-refractivity contribution in [2.24, 2.45) is 5.92 Å². The number of methoxy groups -OCH3 is 1. The molecule has 124 heavy (non-hydrogen) atoms. The van der Waals surface area contributed by atoms with Gasteiger partial charge >= 0.3 is 42.9 Å². The molecule has 2 atom stereocenters. The molecule has 8 amide bonds. The van der Waals surface area contributed by atoms with E-state index in [2.05, 4.69) is 61.1 Å². The molecule has 0 radical (unpaired) electrons. The van der Waals surface area contributed by atoms with Gasteiger partial charge in [-0.05, 0) is 113 Å². The number of halogens is 3. The zero-order valence-corrected chi connectivity index (χ0v) is 68.7. The number of rotatable bonds is 46. The van der Waals surface area contributed by atoms with Gasteiger partial charge in [-0.2, -0.15) is 23.1 Å². The number of ketones is 4. The van der Waals surface area contributed by atoms with Crippen molar-refractivity contribution in [1.29, 1.82) is 0 Å². The standard InChI is InChI=1S/C44H51F3N8O12.C37H44N8O10.Li.H2O/c1-26(2)37(60)52-42-51-36-35(39(62)53-42)49-28(24-48-36)25-55(41(64)44(45,46)47)29-12-10-27(11-13-29)38(61)50-32(40(63)65-3)15-14-30(56)8-6-22-66-43(19-4-5-20-43)67-23-7-9-31(57)18-21-54-33(58)16-17-34(54)59;38-36-43-32-31(34(51)44-36)41-25(22-40-32)21-39-24-9-7-23(8-10-24)33(50)42-28(35(52)53)12-11-26(46)5-3-19-54-37(16-1-2-17-37)55-20-4-6-27(47)15-18-45-29(48)13-14-30(45)49;;/h10-13,16-17,24,26,32H,4-9,14-15,18-23,25H2,1-3H3,(H,50,61)(H2,48,51,52,53,60,62);7-10,13-14,22,28,39H,1-6,11-12,15-21H2,(H,42,50)(H,52,53)(H3,38,40,43,44,51);;1H2/q;;+1;/p-1/t32-;28-;;/m00../s1. The Labute approximate surface area is 718 Å². The number of ether oxygens (including phenoxy) is 5. The number of aliphatic carboxylic acids is 1. The molecule has 10 rings (SSSR count). The molecule has 10 N–H and O–H groups in total. The average molecular weight is 1730 g/mol. The van der Waals surface area contributed by atoms with Gasteiger partial charge in [-0.15, -0.1) is 0 Å². The third-order valence-electron chi connectivity index (χ3n) is 20.0. The van der Waals surface area contributed by atoms with E-state index in [4.69, 9.17) is 29.4 Å². The molecule has 4 aliphatic rings. The van der Waals surface area contributed by atoms with Gasteiger partial charge in [0, 0.05) is 143 Å². The zero-order chi connectivity index (χ0) is 88.3. The van der Waals surface area contributed by atoms with Gasteiger partial charge in [0.1, 0.15) is 35.2 Å². The number of nitrogen functional groups attached to an aromatic ring is 1. The number of hydrogen-bond donors (Lipinski definition) is 8. The number of nitrogens with two attached hydrogens (primary N) is 1. The predicted octanol–water partition coefficient (Wildman–Crippen LogP) is 2.79. The fraction of sp³-hybridized carbons (Fsp3) is 0.481. The third kappa shape index (κ3) is 29.3. The summed E-state index contributed by atoms with van der Waals surface area (Å²) in [6, 6.07) is 8.15. The smallest absolute Gasteiger partial charge is 0.870 e. The van der Waals surface area contributed by atoms with Crippen LogP contribution in [-0.4, -0.2) is 219 Å². The Morgan fingerprint density at radius 1 is 0.565 bits per heavy atom. The number of amides is 8. The molecule has 2 fully saturated rings. The molecule has 6 aromatic rings. The molecule has 39 nitrogen and oxygen atoms in total. The number of benzene rings is 2. The number of nitrogens with one attached hydrogen (secondary N) is 6. The molecular formula is C81H96F3LiN16O23. The van der Waals surface area contributed by atoms with E-state index in [0.717, 1.165) is 73.1 Å². The van der Waals surface area contributed by atoms with Crippen molar-refractivity contribution in [3.63, 3.8) is 0 Å². The van der Waals surface area contributed by atoms with Gasteiger partial charge in [0.15, 0.2) is 33.9 Å². The molecule has 660 valence electrons. The molecule has 2 aliphatic heterocycles. The van der Waals surface area contributed by atoms with E-state index >= 15 is 0 Å². The minimum Gasteiger partial charge on any atom is -0.870 e. The van der Waals surface area contributed by atoms with E-state index in [1.807, 2.05) is 0 Å². The second kappa shape index (κ2) is 47.0. The van der Waals surface area contributed by atoms with Crippen molar-refractivity contribution in [2.45, 2.75) is 198 Å². The summed E-state index contributed by atoms with van der Waals surface area (Å²) in [5, 5.41) is 20.2. The van der Waals surface area contributed by atoms with Gasteiger partial charge in [-0.25, -0.2) is 29.5 Å². The summed E-state index contributed by atoms with van der Waals surface area (Å²) in [5.41, 5.74) is 4.44. The quantitative estimate of drug-likeness (QED) is 0.00895. The van der Waals surface area contributed by atoms with E-state index in [1.165, 1.54) is 42.6 Å². The summed E-state index contributed by atoms with van der Waals surface area (Å²) in [6.07, 6.45) is 10.2. The maximum atomic E-state index is 13.8. The molecule has 43 heteroatoms. The van der Waals surface area contributed by atoms with E-state index in [9.17, 15) is 95.0 Å². The zero-order valence-electron chi connectivity index (χ0n) is 68.7. The number of carbonyl (C=O) groups is 14. The number of aromatic nitrogens is 8. The second-order valence-electron chi connectivity index (χ2n) is 29.5. The number of alkyl halides is 3. The Morgan fingerprint density at radius 3 is 1.42 bits per heavy atom. The molecule has 2 saturated carbocycles. The van der Waals surface area contributed by atoms with Crippen molar-refractivity contribution in [3.8, 4) is 0 Å². The first kappa shape index (κ1) is 99.0. The summed E-state index contributed by atoms with van der Waals surface area (Å²) >= 11 is 0. The van der Waals surface area contributed by atoms with Gasteiger partial charge < -0.3 is 56.0 Å². The van der Waals surface area contributed by atoms with Crippen LogP contribution < -0.4 is 61.9 Å². The van der Waals surface area contributed by atoms with Crippen LogP contribution >= 0.6 is 0 Å². The normalized spacial score (nSPS) is 14.9. The number of fused-ring (bicyclic) bond motifs is 2. The van der Waals surface area contributed by atoms with Crippen molar-refractivity contribution in [3.05, 3.63) is 128 Å². The number of aromatic amines is 2. The molecule has 0 bridgehead atoms. The minimum absolute atomic E-state index is 0. The van der Waals surface area contributed by atoms with Crippen LogP contribution in [0.3, 0.4) is 0 Å². The molecular weight excluding hydrogens is 1630 g/mol. The Hall–Kier alpha value is -12.1. The third-order valence-corrected chi connectivity index (χ3v) is 20.0. The van der Waals surface area contributed by atoms with Crippen LogP contribution in [0.2, 0.25) is 0 Å². The fourth-order valence-corrected chi connectivity index (χ4v) is 13.3. The van der Waals surface area contributed by atoms with Gasteiger partial charge in [0.05, 0.1) is 70.4 Å². The Kier molecular flexibility index (Phi) is 37.5. The predicted molar refractivity (Wildman–Crippen MR) is 428 cm³/mol. The largest absolute Gasteiger partial charge is 1.00 e. The van der Waals surface area contributed by atoms with Crippen LogP contribution in [0.15, 0.2) is 94.8 Å². The number of carboxylic acid groups (broad SMARTS) is 1. The van der Waals surface area contributed by atoms with Gasteiger partial charge in [-0.1, -0.05) is 13.8 Å². The SMILES string of the molecule is COC(=O)[C@H](CCC(=O)CCCOC1(OCCCC(=O)CCN2C(=O)C=CC2=O)CCCC1)NC(=O)c1ccc(N(Cc2cnc3nc(NC(=O)C(C)C)[nH]c(=O)c3n2)C(=O)C(F)(F)F)cc1.Nc1nc2ncc(CNc3ccc(C(=O)N[C@@H](CCC(=O)CCCOC4(OCCCC(=O)CCN5C(=O)C=CC5=O)CCCC4)C(=O)O)cc3)nc2c(=O)[nH]1.[Li+].[OH-]. The van der Waals surface area contributed by atoms with Gasteiger partial charge in [-0.3, -0.25) is 97.1 Å². The maximum absolute atomic E-state index is 13.8. The fourth-order valence-electron chi connectivity index (χ4n) is 13.3. The summed E-state index contributed by atoms with van der Waals surface area (Å²) in [5.74, 6) is -10.9. The number of esters is 1. The van der Waals surface area contributed by atoms with Crippen LogP contribution in [0, 0.1) is 5.92 Å². The topological polar surface area (TPSA) is 562 Å². The van der Waals surface area contributed by atoms with E-state index in [-0.39, 0.29) is 208 Å². The van der Waals surface area contributed by atoms with Crippen LogP contribution in [-0.2, 0) is 94.3 Å². The number of H-pyrrole nitrogens is 2. The minimum atomic E-state index is -5.35. The Balaban J connectivity index is 0.000000341. The van der Waals surface area contributed by atoms with Crippen LogP contribution in [0.4, 0.5) is 36.4 Å². The van der Waals surface area contributed by atoms with E-state index in [0.29, 0.717) is 74.3 Å². The summed E-state index contributed by atoms with van der Waals surface area (Å²) < 4.78 is 70.6. The number of Topliss-reactive ketones (excluding diaryl/α,β-unsaturated/α-hetero) is 4. The first-order valence-electron chi connectivity index (χ1n) is 39.7. The molecule has 0 unspecified atom stereocenters. The summed E-state index contributed by atoms with van der Waals surface area (Å²) in [7, 11) is 1.09. The number of imide groups is 2. The summed E-state index contributed by atoms with van der Waals surface area (Å²) in [6.45, 7) is 3.74. The van der Waals surface area contributed by atoms with Crippen molar-refractivity contribution in [1.82, 2.24) is 60.3 Å². The number of carboxylic acids is 1. The van der Waals surface area contributed by atoms with Gasteiger partial charge in [0.25, 0.3) is 46.6 Å². The number of hydrogen-bond acceptors (Lipinski definition) is 30. The molecule has 0 saturated heterocycles. The van der Waals surface area contributed by atoms with E-state index < -0.39 is 113 Å². The number of nitrogens with zero attached hydrogens (tertiary/aromatic N) is 9. The molecule has 4 aromatic heterocycles. The second-order valence-corrected chi connectivity index (χ2v) is 29.5. The van der Waals surface area contributed by atoms with E-state index in [1.54, 1.807) is 26.0 Å². The Morgan fingerprint density at radius 2 is 0.976 bits per heavy atom. The first-order chi connectivity index (χ1) is 58.2. The van der Waals surface area contributed by atoms with Crippen molar-refractivity contribution in [2.75, 3.05) is 67.9 Å². The van der Waals surface area contributed by atoms with Crippen LogP contribution in [0.5, 0.6) is 0 Å². The summed E-state index contributed by atoms with van der Waals surface area (Å²) in [4.78, 5) is 228. The number of carbonyl (C=O) groups excluding carboxylic acids is 13. The Bertz CT molecular complexity index is 5020. The molecule has 2 aliphatic carbocycles. The number of anilines is 4. The first-order valence-corrected chi connectivity index (χ1v) is 39.7. The maximum Gasteiger partial charge on any atom is 1.00 e. The monoisotopic (exact) mass is 1720 g/mol. The van der Waals surface area contributed by atoms with Gasteiger partial charge in [0.2, 0.25) is 17.8 Å². The molecule has 2 aromatic carbocycles. The molecule has 0 spiro atoms. The van der Waals surface area contributed by atoms with Crippen molar-refractivity contribution >= 4 is 128 Å².